The van der Waals surface area contributed by atoms with E-state index < -0.39 is 71.0 Å². The van der Waals surface area contributed by atoms with Gasteiger partial charge in [-0.2, -0.15) is 13.2 Å². The lowest BCUT2D eigenvalue weighted by atomic mass is 9.74. The van der Waals surface area contributed by atoms with Gasteiger partial charge in [-0.05, 0) is 82.2 Å². The first-order valence-corrected chi connectivity index (χ1v) is 18.5. The minimum absolute atomic E-state index is 0.0381. The molecule has 1 aliphatic rings. The molecule has 53 heavy (non-hydrogen) atoms. The number of Topliss-reactive ketones (excluding diaryl/α,β-unsaturated/α-hetero) is 1. The smallest absolute Gasteiger partial charge is 0.392 e. The van der Waals surface area contributed by atoms with E-state index in [1.165, 1.54) is 45.2 Å². The molecule has 1 aromatic carbocycles. The lowest BCUT2D eigenvalue weighted by Crippen LogP contribution is -2.57. The van der Waals surface area contributed by atoms with Gasteiger partial charge in [0.25, 0.3) is 5.91 Å². The van der Waals surface area contributed by atoms with E-state index in [4.69, 9.17) is 0 Å². The quantitative estimate of drug-likeness (QED) is 0.185. The summed E-state index contributed by atoms with van der Waals surface area (Å²) in [5.74, 6) is -3.35. The standard InChI is InChI=1S/C39H59F3N4O7/c1-9-27-19-31(47)24(4)32(48)25(5)33(49)37(7,52)20-22(2)21-46(26(6)34(50)38(27,8)53)18-12-17-44-36(51)28-13-11-16-43-35(28)45-30-15-10-14-29(23(30)3)39(40,41)42/h10-11,13-16,22,24-27,32-34,48-50,52-53H,9,12,17-21H2,1-8H3,(H,43,45)(H,44,51)/t22-,24+,25+,26-,27+,32-,33-,34-,37-,38-/m1/s1. The number of benzene rings is 1. The van der Waals surface area contributed by atoms with Crippen molar-refractivity contribution in [1.82, 2.24) is 15.2 Å². The van der Waals surface area contributed by atoms with Crippen LogP contribution in [-0.2, 0) is 11.0 Å². The van der Waals surface area contributed by atoms with Gasteiger partial charge in [-0.15, -0.1) is 0 Å². The van der Waals surface area contributed by atoms with E-state index >= 15 is 0 Å². The fourth-order valence-electron chi connectivity index (χ4n) is 7.75. The largest absolute Gasteiger partial charge is 0.416 e. The van der Waals surface area contributed by atoms with Crippen LogP contribution in [0.3, 0.4) is 0 Å². The number of pyridine rings is 1. The van der Waals surface area contributed by atoms with Gasteiger partial charge < -0.3 is 36.2 Å². The van der Waals surface area contributed by atoms with Crippen molar-refractivity contribution < 1.29 is 48.3 Å². The van der Waals surface area contributed by atoms with Crippen LogP contribution in [0.5, 0.6) is 0 Å². The van der Waals surface area contributed by atoms with Gasteiger partial charge in [0.15, 0.2) is 0 Å². The molecule has 1 aromatic heterocycles. The van der Waals surface area contributed by atoms with Crippen molar-refractivity contribution in [3.63, 3.8) is 0 Å². The van der Waals surface area contributed by atoms with Gasteiger partial charge in [0.2, 0.25) is 0 Å². The predicted octanol–water partition coefficient (Wildman–Crippen LogP) is 4.84. The summed E-state index contributed by atoms with van der Waals surface area (Å²) >= 11 is 0. The Morgan fingerprint density at radius 1 is 1.04 bits per heavy atom. The number of alkyl halides is 3. The number of amides is 1. The Labute approximate surface area is 311 Å². The summed E-state index contributed by atoms with van der Waals surface area (Å²) in [6.07, 6.45) is -6.24. The average Bonchev–Trinajstić information content (AvgIpc) is 3.09. The lowest BCUT2D eigenvalue weighted by molar-refractivity contribution is -0.146. The highest BCUT2D eigenvalue weighted by Crippen LogP contribution is 2.37. The number of aromatic nitrogens is 1. The Bertz CT molecular complexity index is 1540. The maximum Gasteiger partial charge on any atom is 0.416 e. The van der Waals surface area contributed by atoms with Crippen molar-refractivity contribution in [2.45, 2.75) is 123 Å². The molecule has 11 nitrogen and oxygen atoms in total. The number of ketones is 1. The predicted molar refractivity (Wildman–Crippen MR) is 196 cm³/mol. The average molecular weight is 753 g/mol. The maximum atomic E-state index is 13.5. The molecule has 2 heterocycles. The third-order valence-electron chi connectivity index (χ3n) is 11.3. The monoisotopic (exact) mass is 752 g/mol. The van der Waals surface area contributed by atoms with Crippen molar-refractivity contribution in [1.29, 1.82) is 0 Å². The van der Waals surface area contributed by atoms with Gasteiger partial charge in [-0.3, -0.25) is 14.5 Å². The molecule has 0 spiro atoms. The molecule has 10 atom stereocenters. The number of nitrogens with one attached hydrogen (secondary N) is 2. The highest BCUT2D eigenvalue weighted by atomic mass is 19.4. The van der Waals surface area contributed by atoms with E-state index in [1.807, 2.05) is 18.7 Å². The van der Waals surface area contributed by atoms with E-state index in [2.05, 4.69) is 15.6 Å². The number of nitrogens with zero attached hydrogens (tertiary/aromatic N) is 2. The number of halogens is 3. The van der Waals surface area contributed by atoms with E-state index in [-0.39, 0.29) is 53.7 Å². The molecule has 1 fully saturated rings. The molecule has 0 radical (unpaired) electrons. The SMILES string of the molecule is CC[C@H]1CC(=O)[C@H](C)[C@@H](O)[C@H](C)[C@@H](O)[C@](C)(O)C[C@@H](C)CN(CCCNC(=O)c2cccnc2Nc2cccc(C(F)(F)F)c2C)[C@H](C)[C@@H](O)[C@]1(C)O. The Hall–Kier alpha value is -3.14. The first kappa shape index (κ1) is 44.3. The van der Waals surface area contributed by atoms with Crippen LogP contribution in [0, 0.1) is 30.6 Å². The van der Waals surface area contributed by atoms with E-state index in [1.54, 1.807) is 26.8 Å². The number of aliphatic hydroxyl groups is 5. The van der Waals surface area contributed by atoms with Crippen LogP contribution in [0.2, 0.25) is 0 Å². The second-order valence-corrected chi connectivity index (χ2v) is 15.5. The van der Waals surface area contributed by atoms with E-state index in [9.17, 15) is 48.3 Å². The normalized spacial score (nSPS) is 32.8. The fraction of sp³-hybridized carbons (Fsp3) is 0.667. The molecule has 1 saturated heterocycles. The fourth-order valence-corrected chi connectivity index (χ4v) is 7.75. The summed E-state index contributed by atoms with van der Waals surface area (Å²) in [5.41, 5.74) is -3.87. The Morgan fingerprint density at radius 3 is 2.32 bits per heavy atom. The lowest BCUT2D eigenvalue weighted by Gasteiger charge is -2.43. The van der Waals surface area contributed by atoms with Crippen LogP contribution in [0.25, 0.3) is 0 Å². The Kier molecular flexibility index (Phi) is 15.0. The molecule has 298 valence electrons. The molecule has 2 aromatic rings. The van der Waals surface area contributed by atoms with Crippen LogP contribution >= 0.6 is 0 Å². The highest BCUT2D eigenvalue weighted by Gasteiger charge is 2.46. The molecule has 0 bridgehead atoms. The molecule has 1 aliphatic heterocycles. The van der Waals surface area contributed by atoms with Crippen molar-refractivity contribution >= 4 is 23.2 Å². The molecule has 0 saturated carbocycles. The molecule has 1 amide bonds. The first-order valence-electron chi connectivity index (χ1n) is 18.5. The number of carbonyl (C=O) groups excluding carboxylic acids is 2. The van der Waals surface area contributed by atoms with Crippen LogP contribution in [0.4, 0.5) is 24.7 Å². The summed E-state index contributed by atoms with van der Waals surface area (Å²) in [6.45, 7) is 13.8. The molecule has 0 unspecified atom stereocenters. The molecule has 0 aliphatic carbocycles. The number of aliphatic hydroxyl groups excluding tert-OH is 3. The number of anilines is 2. The second kappa shape index (κ2) is 18.0. The van der Waals surface area contributed by atoms with E-state index in [0.717, 1.165) is 6.07 Å². The van der Waals surface area contributed by atoms with Crippen LogP contribution < -0.4 is 10.6 Å². The summed E-state index contributed by atoms with van der Waals surface area (Å²) in [4.78, 5) is 32.8. The van der Waals surface area contributed by atoms with Gasteiger partial charge in [0, 0.05) is 55.8 Å². The van der Waals surface area contributed by atoms with Crippen LogP contribution in [0.15, 0.2) is 36.5 Å². The molecule has 14 heteroatoms. The van der Waals surface area contributed by atoms with Crippen molar-refractivity contribution in [3.05, 3.63) is 53.2 Å². The van der Waals surface area contributed by atoms with Gasteiger partial charge >= 0.3 is 6.18 Å². The second-order valence-electron chi connectivity index (χ2n) is 15.5. The first-order chi connectivity index (χ1) is 24.5. The molecular formula is C39H59F3N4O7. The van der Waals surface area contributed by atoms with Gasteiger partial charge in [0.05, 0.1) is 40.6 Å². The summed E-state index contributed by atoms with van der Waals surface area (Å²) < 4.78 is 40.5. The molecule has 3 rings (SSSR count). The maximum absolute atomic E-state index is 13.5. The Morgan fingerprint density at radius 2 is 1.70 bits per heavy atom. The summed E-state index contributed by atoms with van der Waals surface area (Å²) in [5, 5.41) is 62.7. The molecule has 7 N–H and O–H groups in total. The molecular weight excluding hydrogens is 693 g/mol. The third kappa shape index (κ3) is 10.8. The van der Waals surface area contributed by atoms with Crippen molar-refractivity contribution in [3.8, 4) is 0 Å². The number of hydrogen-bond donors (Lipinski definition) is 7. The van der Waals surface area contributed by atoms with Gasteiger partial charge in [0.1, 0.15) is 11.6 Å². The number of rotatable bonds is 8. The minimum atomic E-state index is -4.55. The van der Waals surface area contributed by atoms with Crippen LogP contribution in [-0.4, -0.2) is 102 Å². The minimum Gasteiger partial charge on any atom is -0.392 e. The van der Waals surface area contributed by atoms with Crippen molar-refractivity contribution in [2.75, 3.05) is 25.0 Å². The zero-order chi connectivity index (χ0) is 40.1. The summed E-state index contributed by atoms with van der Waals surface area (Å²) in [7, 11) is 0. The third-order valence-corrected chi connectivity index (χ3v) is 11.3. The number of hydrogen-bond acceptors (Lipinski definition) is 10. The summed E-state index contributed by atoms with van der Waals surface area (Å²) in [6, 6.07) is 6.15. The highest BCUT2D eigenvalue weighted by molar-refractivity contribution is 5.99. The zero-order valence-electron chi connectivity index (χ0n) is 32.1. The zero-order valence-corrected chi connectivity index (χ0v) is 32.1. The van der Waals surface area contributed by atoms with Crippen LogP contribution in [0.1, 0.15) is 95.6 Å². The van der Waals surface area contributed by atoms with E-state index in [0.29, 0.717) is 25.9 Å². The van der Waals surface area contributed by atoms with Crippen molar-refractivity contribution in [2.24, 2.45) is 23.7 Å². The number of carbonyl (C=O) groups is 2. The topological polar surface area (TPSA) is 175 Å². The van der Waals surface area contributed by atoms with Gasteiger partial charge in [-0.25, -0.2) is 4.98 Å². The van der Waals surface area contributed by atoms with Gasteiger partial charge in [-0.1, -0.05) is 40.2 Å². The Balaban J connectivity index is 1.81.